The van der Waals surface area contributed by atoms with Crippen molar-refractivity contribution < 1.29 is 9.53 Å². The molecular weight excluding hydrogens is 452 g/mol. The Morgan fingerprint density at radius 3 is 2.65 bits per heavy atom. The average molecular weight is 485 g/mol. The van der Waals surface area contributed by atoms with Crippen LogP contribution >= 0.6 is 12.4 Å². The molecule has 8 nitrogen and oxygen atoms in total. The van der Waals surface area contributed by atoms with Crippen molar-refractivity contribution >= 4 is 29.3 Å². The van der Waals surface area contributed by atoms with Crippen LogP contribution in [0.15, 0.2) is 24.5 Å². The summed E-state index contributed by atoms with van der Waals surface area (Å²) in [4.78, 5) is 25.7. The van der Waals surface area contributed by atoms with E-state index in [4.69, 9.17) is 16.2 Å². The number of rotatable bonds is 7. The van der Waals surface area contributed by atoms with Gasteiger partial charge in [0, 0.05) is 29.9 Å². The van der Waals surface area contributed by atoms with E-state index >= 15 is 0 Å². The summed E-state index contributed by atoms with van der Waals surface area (Å²) >= 11 is 0. The Hall–Kier alpha value is -2.68. The number of H-pyrrole nitrogens is 1. The van der Waals surface area contributed by atoms with Crippen LogP contribution in [0.25, 0.3) is 22.3 Å². The lowest BCUT2D eigenvalue weighted by atomic mass is 9.91. The molecule has 34 heavy (non-hydrogen) atoms. The predicted molar refractivity (Wildman–Crippen MR) is 135 cm³/mol. The number of nitrogens with zero attached hydrogens (tertiary/aromatic N) is 2. The molecule has 6 N–H and O–H groups in total. The second-order valence-electron chi connectivity index (χ2n) is 9.45. The number of halogens is 1. The van der Waals surface area contributed by atoms with E-state index < -0.39 is 0 Å². The second kappa shape index (κ2) is 10.3. The van der Waals surface area contributed by atoms with Gasteiger partial charge in [0.1, 0.15) is 23.3 Å². The maximum Gasteiger partial charge on any atom is 0.255 e. The van der Waals surface area contributed by atoms with Gasteiger partial charge in [0.15, 0.2) is 0 Å². The number of nitrogens with one attached hydrogen (secondary N) is 2. The highest BCUT2D eigenvalue weighted by Gasteiger charge is 2.26. The number of nitrogens with two attached hydrogens (primary N) is 2. The standard InChI is InChI=1S/C25H32N6O2.ClH/c1-14-21(25(32)31-18-7-5-17(27)6-8-18)23-24(30-14)22(28-13-29-23)19-10-16(11-26)4-9-20(19)33-12-15-2-3-15;/h4,9-10,13,15,17-18,30H,2-3,5-8,11-12,26-27H2,1H3,(H,31,32);1H/t17-,18+;. The third-order valence-electron chi connectivity index (χ3n) is 6.81. The molecule has 0 radical (unpaired) electrons. The summed E-state index contributed by atoms with van der Waals surface area (Å²) in [6.07, 6.45) is 7.63. The fourth-order valence-corrected chi connectivity index (χ4v) is 4.63. The van der Waals surface area contributed by atoms with Gasteiger partial charge in [-0.3, -0.25) is 4.79 Å². The lowest BCUT2D eigenvalue weighted by molar-refractivity contribution is 0.0927. The first kappa shape index (κ1) is 24.4. The molecular formula is C25H33ClN6O2. The molecule has 0 spiro atoms. The molecule has 2 aliphatic carbocycles. The summed E-state index contributed by atoms with van der Waals surface area (Å²) in [5.41, 5.74) is 17.2. The zero-order chi connectivity index (χ0) is 22.9. The van der Waals surface area contributed by atoms with Gasteiger partial charge >= 0.3 is 0 Å². The van der Waals surface area contributed by atoms with Crippen LogP contribution in [0.2, 0.25) is 0 Å². The minimum Gasteiger partial charge on any atom is -0.493 e. The van der Waals surface area contributed by atoms with E-state index in [1.807, 2.05) is 25.1 Å². The summed E-state index contributed by atoms with van der Waals surface area (Å²) < 4.78 is 6.15. The maximum atomic E-state index is 13.2. The number of aromatic amines is 1. The molecule has 9 heteroatoms. The molecule has 1 aromatic carbocycles. The number of ether oxygens (including phenoxy) is 1. The average Bonchev–Trinajstić information content (AvgIpc) is 3.58. The Bertz CT molecular complexity index is 1170. The maximum absolute atomic E-state index is 13.2. The first-order chi connectivity index (χ1) is 16.0. The van der Waals surface area contributed by atoms with E-state index in [0.717, 1.165) is 53.8 Å². The van der Waals surface area contributed by atoms with Crippen LogP contribution in [-0.4, -0.2) is 39.5 Å². The molecule has 3 aromatic rings. The normalized spacial score (nSPS) is 20.1. The third-order valence-corrected chi connectivity index (χ3v) is 6.81. The van der Waals surface area contributed by atoms with Gasteiger partial charge in [-0.15, -0.1) is 12.4 Å². The molecule has 0 atom stereocenters. The molecule has 2 fully saturated rings. The first-order valence-corrected chi connectivity index (χ1v) is 11.9. The topological polar surface area (TPSA) is 132 Å². The highest BCUT2D eigenvalue weighted by Crippen LogP contribution is 2.37. The number of aryl methyl sites for hydroxylation is 1. The lowest BCUT2D eigenvalue weighted by Gasteiger charge is -2.26. The molecule has 2 aromatic heterocycles. The highest BCUT2D eigenvalue weighted by molar-refractivity contribution is 6.09. The largest absolute Gasteiger partial charge is 0.493 e. The fraction of sp³-hybridized carbons (Fsp3) is 0.480. The monoisotopic (exact) mass is 484 g/mol. The second-order valence-corrected chi connectivity index (χ2v) is 9.45. The van der Waals surface area contributed by atoms with Gasteiger partial charge in [-0.1, -0.05) is 6.07 Å². The van der Waals surface area contributed by atoms with Gasteiger partial charge in [0.25, 0.3) is 5.91 Å². The van der Waals surface area contributed by atoms with Crippen molar-refractivity contribution in [3.05, 3.63) is 41.3 Å². The summed E-state index contributed by atoms with van der Waals surface area (Å²) in [6, 6.07) is 6.35. The van der Waals surface area contributed by atoms with Crippen molar-refractivity contribution in [3.63, 3.8) is 0 Å². The van der Waals surface area contributed by atoms with Crippen molar-refractivity contribution in [3.8, 4) is 17.0 Å². The Morgan fingerprint density at radius 2 is 1.94 bits per heavy atom. The molecule has 0 saturated heterocycles. The molecule has 0 aliphatic heterocycles. The zero-order valence-electron chi connectivity index (χ0n) is 19.5. The summed E-state index contributed by atoms with van der Waals surface area (Å²) in [7, 11) is 0. The number of amides is 1. The van der Waals surface area contributed by atoms with Gasteiger partial charge in [0.05, 0.1) is 17.7 Å². The quantitative estimate of drug-likeness (QED) is 0.405. The first-order valence-electron chi connectivity index (χ1n) is 11.9. The number of fused-ring (bicyclic) bond motifs is 1. The van der Waals surface area contributed by atoms with Crippen molar-refractivity contribution in [2.24, 2.45) is 17.4 Å². The molecule has 2 aliphatic rings. The SMILES string of the molecule is Cc1[nH]c2c(-c3cc(CN)ccc3OCC3CC3)ncnc2c1C(=O)N[C@H]1CC[C@@H](N)CC1.Cl. The highest BCUT2D eigenvalue weighted by atomic mass is 35.5. The fourth-order valence-electron chi connectivity index (χ4n) is 4.63. The minimum atomic E-state index is -0.107. The number of carbonyl (C=O) groups is 1. The summed E-state index contributed by atoms with van der Waals surface area (Å²) in [5, 5.41) is 3.19. The van der Waals surface area contributed by atoms with Gasteiger partial charge in [-0.25, -0.2) is 9.97 Å². The summed E-state index contributed by atoms with van der Waals surface area (Å²) in [6.45, 7) is 3.02. The Morgan fingerprint density at radius 1 is 1.18 bits per heavy atom. The van der Waals surface area contributed by atoms with Crippen LogP contribution in [0.4, 0.5) is 0 Å². The molecule has 182 valence electrons. The van der Waals surface area contributed by atoms with Gasteiger partial charge in [0.2, 0.25) is 0 Å². The Balaban J connectivity index is 0.00000274. The molecule has 0 unspecified atom stereocenters. The molecule has 2 saturated carbocycles. The number of aromatic nitrogens is 3. The van der Waals surface area contributed by atoms with Crippen molar-refractivity contribution in [1.82, 2.24) is 20.3 Å². The van der Waals surface area contributed by atoms with Crippen LogP contribution < -0.4 is 21.5 Å². The zero-order valence-corrected chi connectivity index (χ0v) is 20.3. The smallest absolute Gasteiger partial charge is 0.255 e. The third kappa shape index (κ3) is 5.04. The number of hydrogen-bond donors (Lipinski definition) is 4. The van der Waals surface area contributed by atoms with Crippen molar-refractivity contribution in [2.75, 3.05) is 6.61 Å². The van der Waals surface area contributed by atoms with Gasteiger partial charge in [-0.2, -0.15) is 0 Å². The van der Waals surface area contributed by atoms with Gasteiger partial charge in [-0.05, 0) is 69.1 Å². The van der Waals surface area contributed by atoms with Crippen LogP contribution in [-0.2, 0) is 6.54 Å². The van der Waals surface area contributed by atoms with Crippen LogP contribution in [0.5, 0.6) is 5.75 Å². The van der Waals surface area contributed by atoms with E-state index in [1.54, 1.807) is 0 Å². The number of benzene rings is 1. The number of carbonyl (C=O) groups excluding carboxylic acids is 1. The van der Waals surface area contributed by atoms with Crippen LogP contribution in [0.1, 0.15) is 60.1 Å². The van der Waals surface area contributed by atoms with E-state index in [2.05, 4.69) is 20.3 Å². The minimum absolute atomic E-state index is 0. The van der Waals surface area contributed by atoms with E-state index in [-0.39, 0.29) is 30.4 Å². The predicted octanol–water partition coefficient (Wildman–Crippen LogP) is 3.60. The van der Waals surface area contributed by atoms with Crippen molar-refractivity contribution in [1.29, 1.82) is 0 Å². The molecule has 0 bridgehead atoms. The Kier molecular flexibility index (Phi) is 7.40. The Labute approximate surface area is 205 Å². The van der Waals surface area contributed by atoms with Crippen LogP contribution in [0, 0.1) is 12.8 Å². The summed E-state index contributed by atoms with van der Waals surface area (Å²) in [5.74, 6) is 1.30. The van der Waals surface area contributed by atoms with E-state index in [1.165, 1.54) is 19.2 Å². The van der Waals surface area contributed by atoms with Gasteiger partial charge < -0.3 is 26.5 Å². The van der Waals surface area contributed by atoms with E-state index in [9.17, 15) is 4.79 Å². The lowest BCUT2D eigenvalue weighted by Crippen LogP contribution is -2.40. The van der Waals surface area contributed by atoms with Crippen molar-refractivity contribution in [2.45, 2.75) is 64.1 Å². The van der Waals surface area contributed by atoms with Crippen LogP contribution in [0.3, 0.4) is 0 Å². The molecule has 1 amide bonds. The van der Waals surface area contributed by atoms with E-state index in [0.29, 0.717) is 35.8 Å². The molecule has 2 heterocycles. The molecule has 5 rings (SSSR count). The number of hydrogen-bond acceptors (Lipinski definition) is 6.